The second-order valence-corrected chi connectivity index (χ2v) is 5.88. The molecule has 3 atom stereocenters. The first-order valence-electron chi connectivity index (χ1n) is 7.52. The van der Waals surface area contributed by atoms with Crippen LogP contribution in [0, 0.1) is 11.8 Å². The molecule has 1 saturated carbocycles. The standard InChI is InChI=1S/C18H23N/c1-3-11-19-18(17-12-13(17)2)16-10-6-8-14-7-4-5-9-15(14)16/h4-10,13,17-19H,3,11-12H2,1-2H3. The second kappa shape index (κ2) is 5.34. The Morgan fingerprint density at radius 1 is 1.16 bits per heavy atom. The van der Waals surface area contributed by atoms with Crippen LogP contribution >= 0.6 is 0 Å². The van der Waals surface area contributed by atoms with Gasteiger partial charge in [0.1, 0.15) is 0 Å². The molecule has 0 aliphatic heterocycles. The van der Waals surface area contributed by atoms with E-state index < -0.39 is 0 Å². The zero-order chi connectivity index (χ0) is 13.2. The van der Waals surface area contributed by atoms with E-state index >= 15 is 0 Å². The lowest BCUT2D eigenvalue weighted by atomic mass is 9.95. The molecule has 0 saturated heterocycles. The van der Waals surface area contributed by atoms with E-state index in [0.29, 0.717) is 6.04 Å². The molecular formula is C18H23N. The summed E-state index contributed by atoms with van der Waals surface area (Å²) < 4.78 is 0. The molecule has 0 heterocycles. The van der Waals surface area contributed by atoms with E-state index in [-0.39, 0.29) is 0 Å². The van der Waals surface area contributed by atoms with Gasteiger partial charge in [0.15, 0.2) is 0 Å². The lowest BCUT2D eigenvalue weighted by Crippen LogP contribution is -2.24. The van der Waals surface area contributed by atoms with Gasteiger partial charge >= 0.3 is 0 Å². The maximum Gasteiger partial charge on any atom is 0.0357 e. The summed E-state index contributed by atoms with van der Waals surface area (Å²) in [6, 6.07) is 16.0. The Hall–Kier alpha value is -1.34. The summed E-state index contributed by atoms with van der Waals surface area (Å²) in [7, 11) is 0. The Labute approximate surface area is 116 Å². The highest BCUT2D eigenvalue weighted by Crippen LogP contribution is 2.48. The van der Waals surface area contributed by atoms with E-state index in [0.717, 1.165) is 18.4 Å². The predicted molar refractivity (Wildman–Crippen MR) is 82.3 cm³/mol. The number of hydrogen-bond acceptors (Lipinski definition) is 1. The van der Waals surface area contributed by atoms with Gasteiger partial charge in [-0.1, -0.05) is 56.3 Å². The van der Waals surface area contributed by atoms with Gasteiger partial charge in [-0.2, -0.15) is 0 Å². The average Bonchev–Trinajstić information content (AvgIpc) is 3.16. The van der Waals surface area contributed by atoms with Gasteiger partial charge in [0, 0.05) is 6.04 Å². The molecule has 3 rings (SSSR count). The molecule has 0 aromatic heterocycles. The Balaban J connectivity index is 1.99. The second-order valence-electron chi connectivity index (χ2n) is 5.88. The minimum absolute atomic E-state index is 0.529. The van der Waals surface area contributed by atoms with Crippen molar-refractivity contribution in [2.45, 2.75) is 32.7 Å². The minimum Gasteiger partial charge on any atom is -0.310 e. The van der Waals surface area contributed by atoms with Crippen molar-refractivity contribution < 1.29 is 0 Å². The summed E-state index contributed by atoms with van der Waals surface area (Å²) in [4.78, 5) is 0. The summed E-state index contributed by atoms with van der Waals surface area (Å²) in [5.41, 5.74) is 1.49. The molecule has 0 radical (unpaired) electrons. The van der Waals surface area contributed by atoms with Crippen molar-refractivity contribution in [1.29, 1.82) is 0 Å². The van der Waals surface area contributed by atoms with Gasteiger partial charge in [0.25, 0.3) is 0 Å². The zero-order valence-electron chi connectivity index (χ0n) is 11.9. The van der Waals surface area contributed by atoms with Gasteiger partial charge in [0.05, 0.1) is 0 Å². The number of hydrogen-bond donors (Lipinski definition) is 1. The van der Waals surface area contributed by atoms with E-state index in [1.54, 1.807) is 0 Å². The predicted octanol–water partition coefficient (Wildman–Crippen LogP) is 4.54. The summed E-state index contributed by atoms with van der Waals surface area (Å²) in [5.74, 6) is 1.69. The fourth-order valence-electron chi connectivity index (χ4n) is 3.13. The Morgan fingerprint density at radius 3 is 2.63 bits per heavy atom. The highest BCUT2D eigenvalue weighted by Gasteiger charge is 2.40. The molecule has 2 aromatic carbocycles. The molecule has 2 aromatic rings. The fourth-order valence-corrected chi connectivity index (χ4v) is 3.13. The highest BCUT2D eigenvalue weighted by atomic mass is 14.9. The fraction of sp³-hybridized carbons (Fsp3) is 0.444. The molecular weight excluding hydrogens is 230 g/mol. The van der Waals surface area contributed by atoms with Crippen LogP contribution in [0.3, 0.4) is 0 Å². The molecule has 100 valence electrons. The Morgan fingerprint density at radius 2 is 1.89 bits per heavy atom. The lowest BCUT2D eigenvalue weighted by Gasteiger charge is -2.21. The average molecular weight is 253 g/mol. The number of benzene rings is 2. The maximum atomic E-state index is 3.77. The molecule has 0 bridgehead atoms. The molecule has 1 N–H and O–H groups in total. The van der Waals surface area contributed by atoms with Crippen LogP contribution in [0.4, 0.5) is 0 Å². The van der Waals surface area contributed by atoms with Crippen LogP contribution in [-0.2, 0) is 0 Å². The van der Waals surface area contributed by atoms with Gasteiger partial charge in [-0.05, 0) is 47.6 Å². The molecule has 3 unspecified atom stereocenters. The van der Waals surface area contributed by atoms with Crippen LogP contribution in [0.5, 0.6) is 0 Å². The largest absolute Gasteiger partial charge is 0.310 e. The van der Waals surface area contributed by atoms with E-state index in [2.05, 4.69) is 61.6 Å². The molecule has 1 aliphatic rings. The molecule has 0 spiro atoms. The first-order valence-corrected chi connectivity index (χ1v) is 7.52. The van der Waals surface area contributed by atoms with Crippen molar-refractivity contribution >= 4 is 10.8 Å². The van der Waals surface area contributed by atoms with Gasteiger partial charge in [-0.15, -0.1) is 0 Å². The highest BCUT2D eigenvalue weighted by molar-refractivity contribution is 5.86. The smallest absolute Gasteiger partial charge is 0.0357 e. The van der Waals surface area contributed by atoms with Gasteiger partial charge in [-0.3, -0.25) is 0 Å². The third kappa shape index (κ3) is 2.52. The van der Waals surface area contributed by atoms with E-state index in [1.165, 1.54) is 29.2 Å². The van der Waals surface area contributed by atoms with Crippen molar-refractivity contribution in [3.8, 4) is 0 Å². The van der Waals surface area contributed by atoms with E-state index in [4.69, 9.17) is 0 Å². The van der Waals surface area contributed by atoms with Crippen LogP contribution in [0.25, 0.3) is 10.8 Å². The van der Waals surface area contributed by atoms with Crippen molar-refractivity contribution in [3.63, 3.8) is 0 Å². The first-order chi connectivity index (χ1) is 9.31. The van der Waals surface area contributed by atoms with E-state index in [9.17, 15) is 0 Å². The third-order valence-corrected chi connectivity index (χ3v) is 4.37. The van der Waals surface area contributed by atoms with Crippen molar-refractivity contribution in [3.05, 3.63) is 48.0 Å². The number of fused-ring (bicyclic) bond motifs is 1. The van der Waals surface area contributed by atoms with Crippen molar-refractivity contribution in [2.24, 2.45) is 11.8 Å². The topological polar surface area (TPSA) is 12.0 Å². The van der Waals surface area contributed by atoms with Crippen LogP contribution in [0.2, 0.25) is 0 Å². The molecule has 1 fully saturated rings. The minimum atomic E-state index is 0.529. The normalized spacial score (nSPS) is 23.5. The SMILES string of the molecule is CCCNC(c1cccc2ccccc12)C1CC1C. The monoisotopic (exact) mass is 253 g/mol. The lowest BCUT2D eigenvalue weighted by molar-refractivity contribution is 0.465. The van der Waals surface area contributed by atoms with Crippen LogP contribution in [-0.4, -0.2) is 6.54 Å². The number of nitrogens with one attached hydrogen (secondary N) is 1. The molecule has 19 heavy (non-hydrogen) atoms. The van der Waals surface area contributed by atoms with Crippen molar-refractivity contribution in [2.75, 3.05) is 6.54 Å². The molecule has 0 amide bonds. The Bertz CT molecular complexity index is 555. The summed E-state index contributed by atoms with van der Waals surface area (Å²) in [6.07, 6.45) is 2.56. The summed E-state index contributed by atoms with van der Waals surface area (Å²) >= 11 is 0. The third-order valence-electron chi connectivity index (χ3n) is 4.37. The van der Waals surface area contributed by atoms with Gasteiger partial charge < -0.3 is 5.32 Å². The zero-order valence-corrected chi connectivity index (χ0v) is 11.9. The Kier molecular flexibility index (Phi) is 3.56. The molecule has 1 aliphatic carbocycles. The molecule has 1 nitrogen and oxygen atoms in total. The van der Waals surface area contributed by atoms with Crippen LogP contribution in [0.1, 0.15) is 38.3 Å². The molecule has 1 heteroatoms. The van der Waals surface area contributed by atoms with Gasteiger partial charge in [0.2, 0.25) is 0 Å². The van der Waals surface area contributed by atoms with Crippen molar-refractivity contribution in [1.82, 2.24) is 5.32 Å². The summed E-state index contributed by atoms with van der Waals surface area (Å²) in [5, 5.41) is 6.54. The van der Waals surface area contributed by atoms with Gasteiger partial charge in [-0.25, -0.2) is 0 Å². The summed E-state index contributed by atoms with van der Waals surface area (Å²) in [6.45, 7) is 5.72. The number of rotatable bonds is 5. The first kappa shape index (κ1) is 12.7. The van der Waals surface area contributed by atoms with Crippen LogP contribution in [0.15, 0.2) is 42.5 Å². The quantitative estimate of drug-likeness (QED) is 0.825. The van der Waals surface area contributed by atoms with E-state index in [1.807, 2.05) is 0 Å². The van der Waals surface area contributed by atoms with Crippen LogP contribution < -0.4 is 5.32 Å². The maximum absolute atomic E-state index is 3.77.